The molecule has 0 aromatic heterocycles. The highest BCUT2D eigenvalue weighted by Gasteiger charge is 2.31. The third-order valence-corrected chi connectivity index (χ3v) is 5.31. The van der Waals surface area contributed by atoms with Crippen molar-refractivity contribution >= 4 is 11.8 Å². The van der Waals surface area contributed by atoms with E-state index in [1.54, 1.807) is 0 Å². The number of carbonyl (C=O) groups is 1. The molecular formula is C21H30N4O2. The van der Waals surface area contributed by atoms with E-state index in [0.29, 0.717) is 11.6 Å². The van der Waals surface area contributed by atoms with Crippen LogP contribution in [0.4, 0.5) is 10.5 Å². The highest BCUT2D eigenvalue weighted by atomic mass is 16.6. The number of amides is 1. The third kappa shape index (κ3) is 5.14. The van der Waals surface area contributed by atoms with E-state index in [2.05, 4.69) is 15.9 Å². The summed E-state index contributed by atoms with van der Waals surface area (Å²) in [5.74, 6) is 0. The van der Waals surface area contributed by atoms with Crippen molar-refractivity contribution < 1.29 is 9.53 Å². The van der Waals surface area contributed by atoms with Gasteiger partial charge in [0.1, 0.15) is 5.60 Å². The second-order valence-corrected chi connectivity index (χ2v) is 8.38. The summed E-state index contributed by atoms with van der Waals surface area (Å²) in [6.45, 7) is 11.3. The molecule has 2 fully saturated rings. The minimum atomic E-state index is -0.435. The van der Waals surface area contributed by atoms with Crippen LogP contribution in [0.1, 0.15) is 39.2 Å². The van der Waals surface area contributed by atoms with Crippen LogP contribution in [0, 0.1) is 11.3 Å². The molecule has 2 heterocycles. The number of ether oxygens (including phenoxy) is 1. The van der Waals surface area contributed by atoms with Gasteiger partial charge >= 0.3 is 6.09 Å². The first-order chi connectivity index (χ1) is 12.9. The lowest BCUT2D eigenvalue weighted by molar-refractivity contribution is 0.0140. The first-order valence-corrected chi connectivity index (χ1v) is 9.83. The molecule has 0 unspecified atom stereocenters. The monoisotopic (exact) mass is 370 g/mol. The topological polar surface area (TPSA) is 59.8 Å². The summed E-state index contributed by atoms with van der Waals surface area (Å²) in [6, 6.07) is 10.6. The molecule has 0 spiro atoms. The number of hydrogen-bond donors (Lipinski definition) is 0. The molecule has 3 rings (SSSR count). The normalized spacial score (nSPS) is 19.6. The summed E-state index contributed by atoms with van der Waals surface area (Å²) in [7, 11) is 0. The molecule has 0 aliphatic carbocycles. The average molecular weight is 370 g/mol. The highest BCUT2D eigenvalue weighted by molar-refractivity contribution is 5.68. The lowest BCUT2D eigenvalue weighted by Gasteiger charge is -2.43. The van der Waals surface area contributed by atoms with Crippen LogP contribution in [0.15, 0.2) is 24.3 Å². The second kappa shape index (κ2) is 8.18. The summed E-state index contributed by atoms with van der Waals surface area (Å²) in [5, 5.41) is 8.92. The fourth-order valence-corrected chi connectivity index (χ4v) is 3.83. The van der Waals surface area contributed by atoms with E-state index in [9.17, 15) is 4.79 Å². The van der Waals surface area contributed by atoms with Gasteiger partial charge in [0.15, 0.2) is 0 Å². The molecular weight excluding hydrogens is 340 g/mol. The maximum Gasteiger partial charge on any atom is 0.410 e. The number of piperidine rings is 1. The lowest BCUT2D eigenvalue weighted by atomic mass is 10.0. The predicted octanol–water partition coefficient (Wildman–Crippen LogP) is 3.08. The Kier molecular flexibility index (Phi) is 5.91. The largest absolute Gasteiger partial charge is 0.444 e. The molecule has 146 valence electrons. The Bertz CT molecular complexity index is 674. The van der Waals surface area contributed by atoms with Gasteiger partial charge in [-0.15, -0.1) is 0 Å². The van der Waals surface area contributed by atoms with Gasteiger partial charge < -0.3 is 14.5 Å². The maximum atomic E-state index is 12.2. The van der Waals surface area contributed by atoms with Crippen LogP contribution in [0.3, 0.4) is 0 Å². The summed E-state index contributed by atoms with van der Waals surface area (Å²) in [5.41, 5.74) is 1.46. The van der Waals surface area contributed by atoms with E-state index in [-0.39, 0.29) is 6.09 Å². The van der Waals surface area contributed by atoms with Crippen LogP contribution in [-0.4, -0.2) is 66.8 Å². The first kappa shape index (κ1) is 19.5. The predicted molar refractivity (Wildman–Crippen MR) is 106 cm³/mol. The molecule has 1 aromatic carbocycles. The quantitative estimate of drug-likeness (QED) is 0.801. The molecule has 0 atom stereocenters. The van der Waals surface area contributed by atoms with Crippen molar-refractivity contribution in [1.82, 2.24) is 9.80 Å². The highest BCUT2D eigenvalue weighted by Crippen LogP contribution is 2.22. The number of carbonyl (C=O) groups excluding carboxylic acids is 1. The number of nitrogens with zero attached hydrogens (tertiary/aromatic N) is 4. The van der Waals surface area contributed by atoms with Gasteiger partial charge in [0, 0.05) is 51.0 Å². The number of rotatable bonds is 2. The molecule has 1 amide bonds. The molecule has 27 heavy (non-hydrogen) atoms. The zero-order chi connectivity index (χ0) is 19.4. The van der Waals surface area contributed by atoms with Crippen LogP contribution >= 0.6 is 0 Å². The van der Waals surface area contributed by atoms with Gasteiger partial charge in [-0.1, -0.05) is 0 Å². The van der Waals surface area contributed by atoms with Gasteiger partial charge in [0.25, 0.3) is 0 Å². The minimum Gasteiger partial charge on any atom is -0.444 e. The Morgan fingerprint density at radius 3 is 2.15 bits per heavy atom. The van der Waals surface area contributed by atoms with Crippen molar-refractivity contribution in [3.8, 4) is 6.07 Å². The van der Waals surface area contributed by atoms with Gasteiger partial charge in [-0.05, 0) is 57.9 Å². The van der Waals surface area contributed by atoms with Crippen LogP contribution in [0.2, 0.25) is 0 Å². The summed E-state index contributed by atoms with van der Waals surface area (Å²) in [4.78, 5) is 19.0. The van der Waals surface area contributed by atoms with Crippen LogP contribution in [0.5, 0.6) is 0 Å². The molecule has 2 aliphatic heterocycles. The van der Waals surface area contributed by atoms with E-state index in [1.165, 1.54) is 5.69 Å². The number of anilines is 1. The van der Waals surface area contributed by atoms with E-state index in [0.717, 1.165) is 52.1 Å². The first-order valence-electron chi connectivity index (χ1n) is 9.83. The molecule has 6 heteroatoms. The third-order valence-electron chi connectivity index (χ3n) is 5.31. The molecule has 2 aliphatic rings. The molecule has 0 saturated carbocycles. The Balaban J connectivity index is 1.45. The molecule has 2 saturated heterocycles. The Labute approximate surface area is 162 Å². The standard InChI is InChI=1S/C21H30N4O2/c1-21(2,3)27-20(26)25-10-8-19(9-11-25)24-14-12-23(13-15-24)18-6-4-17(16-22)5-7-18/h4-7,19H,8-15H2,1-3H3. The van der Waals surface area contributed by atoms with Crippen LogP contribution in [-0.2, 0) is 4.74 Å². The fraction of sp³-hybridized carbons (Fsp3) is 0.619. The van der Waals surface area contributed by atoms with Crippen molar-refractivity contribution in [3.63, 3.8) is 0 Å². The zero-order valence-electron chi connectivity index (χ0n) is 16.6. The average Bonchev–Trinajstić information content (AvgIpc) is 2.67. The van der Waals surface area contributed by atoms with E-state index < -0.39 is 5.60 Å². The second-order valence-electron chi connectivity index (χ2n) is 8.38. The number of piperazine rings is 1. The van der Waals surface area contributed by atoms with Gasteiger partial charge in [0.2, 0.25) is 0 Å². The van der Waals surface area contributed by atoms with Crippen molar-refractivity contribution in [2.75, 3.05) is 44.2 Å². The summed E-state index contributed by atoms with van der Waals surface area (Å²) < 4.78 is 5.48. The van der Waals surface area contributed by atoms with Crippen molar-refractivity contribution in [2.45, 2.75) is 45.3 Å². The van der Waals surface area contributed by atoms with Crippen LogP contribution < -0.4 is 4.90 Å². The summed E-state index contributed by atoms with van der Waals surface area (Å²) in [6.07, 6.45) is 1.83. The SMILES string of the molecule is CC(C)(C)OC(=O)N1CCC(N2CCN(c3ccc(C#N)cc3)CC2)CC1. The van der Waals surface area contributed by atoms with E-state index >= 15 is 0 Å². The fourth-order valence-electron chi connectivity index (χ4n) is 3.83. The lowest BCUT2D eigenvalue weighted by Crippen LogP contribution is -2.54. The van der Waals surface area contributed by atoms with Gasteiger partial charge in [-0.25, -0.2) is 4.79 Å². The minimum absolute atomic E-state index is 0.188. The maximum absolute atomic E-state index is 12.2. The molecule has 0 N–H and O–H groups in total. The van der Waals surface area contributed by atoms with E-state index in [1.807, 2.05) is 49.9 Å². The number of hydrogen-bond acceptors (Lipinski definition) is 5. The van der Waals surface area contributed by atoms with Crippen molar-refractivity contribution in [2.24, 2.45) is 0 Å². The zero-order valence-corrected chi connectivity index (χ0v) is 16.6. The molecule has 0 radical (unpaired) electrons. The molecule has 0 bridgehead atoms. The Hall–Kier alpha value is -2.26. The van der Waals surface area contributed by atoms with Crippen molar-refractivity contribution in [1.29, 1.82) is 5.26 Å². The summed E-state index contributed by atoms with van der Waals surface area (Å²) >= 11 is 0. The Morgan fingerprint density at radius 2 is 1.63 bits per heavy atom. The van der Waals surface area contributed by atoms with Crippen LogP contribution in [0.25, 0.3) is 0 Å². The molecule has 6 nitrogen and oxygen atoms in total. The van der Waals surface area contributed by atoms with E-state index in [4.69, 9.17) is 10.00 Å². The van der Waals surface area contributed by atoms with Crippen molar-refractivity contribution in [3.05, 3.63) is 29.8 Å². The number of benzene rings is 1. The number of likely N-dealkylation sites (tertiary alicyclic amines) is 1. The van der Waals surface area contributed by atoms with Gasteiger partial charge in [-0.3, -0.25) is 4.90 Å². The van der Waals surface area contributed by atoms with Gasteiger partial charge in [0.05, 0.1) is 11.6 Å². The number of nitriles is 1. The Morgan fingerprint density at radius 1 is 1.04 bits per heavy atom. The smallest absolute Gasteiger partial charge is 0.410 e. The molecule has 1 aromatic rings. The van der Waals surface area contributed by atoms with Gasteiger partial charge in [-0.2, -0.15) is 5.26 Å².